The standard InChI is InChI=1S/C19H23NO3/c1-19(2,3)23-18(21)20-13-15-9-11-16(12-10-15)14-22-17-7-5-4-6-8-17/h4-12H,13-14H2,1-3H3,(H,20,21). The molecule has 0 radical (unpaired) electrons. The van der Waals surface area contributed by atoms with Crippen LogP contribution in [0.5, 0.6) is 5.75 Å². The van der Waals surface area contributed by atoms with Crippen molar-refractivity contribution >= 4 is 6.09 Å². The summed E-state index contributed by atoms with van der Waals surface area (Å²) in [5.41, 5.74) is 1.61. The van der Waals surface area contributed by atoms with E-state index in [2.05, 4.69) is 5.32 Å². The van der Waals surface area contributed by atoms with Gasteiger partial charge in [0.15, 0.2) is 0 Å². The molecular weight excluding hydrogens is 290 g/mol. The van der Waals surface area contributed by atoms with Crippen molar-refractivity contribution < 1.29 is 14.3 Å². The molecular formula is C19H23NO3. The minimum atomic E-state index is -0.483. The molecule has 0 aliphatic rings. The number of alkyl carbamates (subject to hydrolysis) is 1. The summed E-state index contributed by atoms with van der Waals surface area (Å²) in [7, 11) is 0. The summed E-state index contributed by atoms with van der Waals surface area (Å²) in [4.78, 5) is 11.6. The number of carbonyl (C=O) groups is 1. The molecule has 2 aromatic carbocycles. The van der Waals surface area contributed by atoms with Crippen molar-refractivity contribution in [2.45, 2.75) is 39.5 Å². The Kier molecular flexibility index (Phi) is 5.63. The number of para-hydroxylation sites is 1. The zero-order valence-corrected chi connectivity index (χ0v) is 13.8. The number of hydrogen-bond donors (Lipinski definition) is 1. The van der Waals surface area contributed by atoms with Crippen LogP contribution in [0.4, 0.5) is 4.79 Å². The summed E-state index contributed by atoms with van der Waals surface area (Å²) in [5, 5.41) is 2.74. The fraction of sp³-hybridized carbons (Fsp3) is 0.316. The molecule has 0 saturated heterocycles. The van der Waals surface area contributed by atoms with Gasteiger partial charge in [0.1, 0.15) is 18.0 Å². The van der Waals surface area contributed by atoms with Gasteiger partial charge in [-0.1, -0.05) is 42.5 Å². The largest absolute Gasteiger partial charge is 0.489 e. The normalized spacial score (nSPS) is 10.9. The van der Waals surface area contributed by atoms with E-state index in [1.807, 2.05) is 75.4 Å². The molecule has 1 amide bonds. The highest BCUT2D eigenvalue weighted by atomic mass is 16.6. The molecule has 2 aromatic rings. The summed E-state index contributed by atoms with van der Waals surface area (Å²) in [6, 6.07) is 17.6. The molecule has 0 atom stereocenters. The number of nitrogens with one attached hydrogen (secondary N) is 1. The Morgan fingerprint density at radius 3 is 2.17 bits per heavy atom. The predicted octanol–water partition coefficient (Wildman–Crippen LogP) is 4.29. The molecule has 0 aliphatic carbocycles. The maximum atomic E-state index is 11.6. The van der Waals surface area contributed by atoms with Crippen molar-refractivity contribution in [3.05, 3.63) is 65.7 Å². The van der Waals surface area contributed by atoms with Crippen molar-refractivity contribution in [2.24, 2.45) is 0 Å². The topological polar surface area (TPSA) is 47.6 Å². The molecule has 0 aromatic heterocycles. The van der Waals surface area contributed by atoms with Crippen LogP contribution >= 0.6 is 0 Å². The smallest absolute Gasteiger partial charge is 0.407 e. The van der Waals surface area contributed by atoms with Gasteiger partial charge < -0.3 is 14.8 Å². The second-order valence-corrected chi connectivity index (χ2v) is 6.27. The Balaban J connectivity index is 1.79. The molecule has 0 saturated carbocycles. The number of hydrogen-bond acceptors (Lipinski definition) is 3. The van der Waals surface area contributed by atoms with Crippen LogP contribution in [0.1, 0.15) is 31.9 Å². The van der Waals surface area contributed by atoms with Crippen LogP contribution in [-0.2, 0) is 17.9 Å². The van der Waals surface area contributed by atoms with Gasteiger partial charge in [-0.15, -0.1) is 0 Å². The Morgan fingerprint density at radius 2 is 1.57 bits per heavy atom. The van der Waals surface area contributed by atoms with Gasteiger partial charge in [-0.05, 0) is 44.0 Å². The number of carbonyl (C=O) groups excluding carboxylic acids is 1. The summed E-state index contributed by atoms with van der Waals surface area (Å²) >= 11 is 0. The maximum Gasteiger partial charge on any atom is 0.407 e. The SMILES string of the molecule is CC(C)(C)OC(=O)NCc1ccc(COc2ccccc2)cc1. The van der Waals surface area contributed by atoms with Gasteiger partial charge in [-0.25, -0.2) is 4.79 Å². The van der Waals surface area contributed by atoms with Crippen LogP contribution in [0, 0.1) is 0 Å². The van der Waals surface area contributed by atoms with Gasteiger partial charge in [-0.3, -0.25) is 0 Å². The van der Waals surface area contributed by atoms with E-state index in [1.54, 1.807) is 0 Å². The van der Waals surface area contributed by atoms with Crippen molar-refractivity contribution in [1.82, 2.24) is 5.32 Å². The number of rotatable bonds is 5. The highest BCUT2D eigenvalue weighted by molar-refractivity contribution is 5.67. The Morgan fingerprint density at radius 1 is 0.957 bits per heavy atom. The minimum Gasteiger partial charge on any atom is -0.489 e. The van der Waals surface area contributed by atoms with Gasteiger partial charge in [0.2, 0.25) is 0 Å². The van der Waals surface area contributed by atoms with Crippen molar-refractivity contribution in [2.75, 3.05) is 0 Å². The first-order chi connectivity index (χ1) is 10.9. The van der Waals surface area contributed by atoms with Gasteiger partial charge in [0.05, 0.1) is 0 Å². The lowest BCUT2D eigenvalue weighted by Crippen LogP contribution is -2.32. The van der Waals surface area contributed by atoms with E-state index in [4.69, 9.17) is 9.47 Å². The van der Waals surface area contributed by atoms with E-state index in [0.29, 0.717) is 13.2 Å². The first-order valence-electron chi connectivity index (χ1n) is 7.65. The lowest BCUT2D eigenvalue weighted by atomic mass is 10.1. The zero-order chi connectivity index (χ0) is 16.7. The lowest BCUT2D eigenvalue weighted by Gasteiger charge is -2.19. The second-order valence-electron chi connectivity index (χ2n) is 6.27. The highest BCUT2D eigenvalue weighted by Gasteiger charge is 2.15. The van der Waals surface area contributed by atoms with E-state index in [0.717, 1.165) is 16.9 Å². The fourth-order valence-corrected chi connectivity index (χ4v) is 1.93. The van der Waals surface area contributed by atoms with Crippen LogP contribution in [0.3, 0.4) is 0 Å². The third kappa shape index (κ3) is 6.43. The van der Waals surface area contributed by atoms with Gasteiger partial charge in [0.25, 0.3) is 0 Å². The van der Waals surface area contributed by atoms with Crippen LogP contribution in [0.25, 0.3) is 0 Å². The third-order valence-electron chi connectivity index (χ3n) is 3.01. The summed E-state index contributed by atoms with van der Waals surface area (Å²) in [5.74, 6) is 0.850. The van der Waals surface area contributed by atoms with Gasteiger partial charge >= 0.3 is 6.09 Å². The van der Waals surface area contributed by atoms with Gasteiger partial charge in [-0.2, -0.15) is 0 Å². The van der Waals surface area contributed by atoms with E-state index >= 15 is 0 Å². The van der Waals surface area contributed by atoms with Crippen molar-refractivity contribution in [3.8, 4) is 5.75 Å². The summed E-state index contributed by atoms with van der Waals surface area (Å²) in [6.45, 7) is 6.48. The number of amides is 1. The van der Waals surface area contributed by atoms with Crippen molar-refractivity contribution in [3.63, 3.8) is 0 Å². The first kappa shape index (κ1) is 16.9. The molecule has 23 heavy (non-hydrogen) atoms. The van der Waals surface area contributed by atoms with E-state index in [-0.39, 0.29) is 0 Å². The molecule has 0 heterocycles. The minimum absolute atomic E-state index is 0.408. The monoisotopic (exact) mass is 313 g/mol. The first-order valence-corrected chi connectivity index (χ1v) is 7.65. The van der Waals surface area contributed by atoms with E-state index in [1.165, 1.54) is 0 Å². The second kappa shape index (κ2) is 7.68. The maximum absolute atomic E-state index is 11.6. The molecule has 4 heteroatoms. The zero-order valence-electron chi connectivity index (χ0n) is 13.8. The Bertz CT molecular complexity index is 615. The Hall–Kier alpha value is -2.49. The summed E-state index contributed by atoms with van der Waals surface area (Å²) in [6.07, 6.45) is -0.408. The molecule has 4 nitrogen and oxygen atoms in total. The average Bonchev–Trinajstić information content (AvgIpc) is 2.51. The molecule has 0 bridgehead atoms. The Labute approximate surface area is 137 Å². The molecule has 1 N–H and O–H groups in total. The van der Waals surface area contributed by atoms with E-state index < -0.39 is 11.7 Å². The van der Waals surface area contributed by atoms with Crippen LogP contribution in [0.15, 0.2) is 54.6 Å². The predicted molar refractivity (Wildman–Crippen MR) is 90.3 cm³/mol. The van der Waals surface area contributed by atoms with Gasteiger partial charge in [0, 0.05) is 6.54 Å². The quantitative estimate of drug-likeness (QED) is 0.895. The van der Waals surface area contributed by atoms with Crippen LogP contribution in [-0.4, -0.2) is 11.7 Å². The molecule has 0 aliphatic heterocycles. The number of benzene rings is 2. The molecule has 0 unspecified atom stereocenters. The lowest BCUT2D eigenvalue weighted by molar-refractivity contribution is 0.0523. The number of ether oxygens (including phenoxy) is 2. The third-order valence-corrected chi connectivity index (χ3v) is 3.01. The molecule has 122 valence electrons. The molecule has 0 spiro atoms. The molecule has 0 fully saturated rings. The van der Waals surface area contributed by atoms with Crippen LogP contribution in [0.2, 0.25) is 0 Å². The van der Waals surface area contributed by atoms with Crippen molar-refractivity contribution in [1.29, 1.82) is 0 Å². The van der Waals surface area contributed by atoms with Crippen LogP contribution < -0.4 is 10.1 Å². The van der Waals surface area contributed by atoms with E-state index in [9.17, 15) is 4.79 Å². The average molecular weight is 313 g/mol. The fourth-order valence-electron chi connectivity index (χ4n) is 1.93. The highest BCUT2D eigenvalue weighted by Crippen LogP contribution is 2.12. The summed E-state index contributed by atoms with van der Waals surface area (Å²) < 4.78 is 10.9. The molecule has 2 rings (SSSR count).